The van der Waals surface area contributed by atoms with Crippen molar-refractivity contribution in [1.82, 2.24) is 5.32 Å². The van der Waals surface area contributed by atoms with Crippen LogP contribution >= 0.6 is 11.3 Å². The minimum Gasteiger partial charge on any atom is -0.489 e. The summed E-state index contributed by atoms with van der Waals surface area (Å²) in [6.45, 7) is 7.56. The molecule has 4 nitrogen and oxygen atoms in total. The normalized spacial score (nSPS) is 19.8. The van der Waals surface area contributed by atoms with Crippen LogP contribution in [0.2, 0.25) is 0 Å². The molecule has 1 amide bonds. The predicted molar refractivity (Wildman–Crippen MR) is 135 cm³/mol. The van der Waals surface area contributed by atoms with Gasteiger partial charge in [-0.1, -0.05) is 69.7 Å². The molecule has 2 aliphatic rings. The van der Waals surface area contributed by atoms with E-state index in [0.717, 1.165) is 46.7 Å². The maximum atomic E-state index is 13.2. The lowest BCUT2D eigenvalue weighted by atomic mass is 9.69. The van der Waals surface area contributed by atoms with Crippen LogP contribution in [0, 0.1) is 11.3 Å². The van der Waals surface area contributed by atoms with E-state index < -0.39 is 0 Å². The van der Waals surface area contributed by atoms with Crippen LogP contribution in [0.3, 0.4) is 0 Å². The number of thiophene rings is 1. The Morgan fingerprint density at radius 2 is 1.91 bits per heavy atom. The molecular weight excluding hydrogens is 428 g/mol. The van der Waals surface area contributed by atoms with Gasteiger partial charge in [-0.15, -0.1) is 11.3 Å². The molecule has 1 aliphatic heterocycles. The molecule has 0 saturated carbocycles. The molecule has 172 valence electrons. The lowest BCUT2D eigenvalue weighted by Gasteiger charge is -2.36. The van der Waals surface area contributed by atoms with Crippen molar-refractivity contribution in [1.29, 1.82) is 0 Å². The third kappa shape index (κ3) is 4.39. The van der Waals surface area contributed by atoms with Crippen molar-refractivity contribution >= 4 is 22.2 Å². The van der Waals surface area contributed by atoms with Gasteiger partial charge in [-0.05, 0) is 59.4 Å². The maximum Gasteiger partial charge on any atom is 0.256 e. The number of benzene rings is 2. The van der Waals surface area contributed by atoms with E-state index in [4.69, 9.17) is 4.74 Å². The molecule has 1 aromatic heterocycles. The van der Waals surface area contributed by atoms with Gasteiger partial charge in [0.25, 0.3) is 5.91 Å². The van der Waals surface area contributed by atoms with Crippen LogP contribution in [0.25, 0.3) is 0 Å². The first kappa shape index (κ1) is 22.0. The number of anilines is 1. The number of hydrogen-bond donors (Lipinski definition) is 2. The Bertz CT molecular complexity index is 1150. The fraction of sp³-hybridized carbons (Fsp3) is 0.393. The summed E-state index contributed by atoms with van der Waals surface area (Å²) in [7, 11) is 0. The molecule has 2 N–H and O–H groups in total. The average Bonchev–Trinajstić information content (AvgIpc) is 3.22. The van der Waals surface area contributed by atoms with Crippen LogP contribution in [0.1, 0.15) is 71.7 Å². The van der Waals surface area contributed by atoms with E-state index in [1.54, 1.807) is 11.3 Å². The van der Waals surface area contributed by atoms with Crippen LogP contribution in [0.15, 0.2) is 54.6 Å². The highest BCUT2D eigenvalue weighted by Gasteiger charge is 2.37. The fourth-order valence-electron chi connectivity index (χ4n) is 4.95. The van der Waals surface area contributed by atoms with E-state index in [-0.39, 0.29) is 12.1 Å². The zero-order chi connectivity index (χ0) is 23.0. The minimum atomic E-state index is -0.256. The summed E-state index contributed by atoms with van der Waals surface area (Å²) in [5.41, 5.74) is 4.60. The second-order valence-corrected chi connectivity index (χ2v) is 11.0. The quantitative estimate of drug-likeness (QED) is 0.429. The maximum absolute atomic E-state index is 13.2. The topological polar surface area (TPSA) is 50.4 Å². The summed E-state index contributed by atoms with van der Waals surface area (Å²) in [5.74, 6) is 1.51. The van der Waals surface area contributed by atoms with Crippen molar-refractivity contribution in [2.24, 2.45) is 11.3 Å². The van der Waals surface area contributed by atoms with Crippen molar-refractivity contribution in [2.75, 3.05) is 5.32 Å². The zero-order valence-electron chi connectivity index (χ0n) is 19.6. The highest BCUT2D eigenvalue weighted by atomic mass is 32.1. The van der Waals surface area contributed by atoms with Crippen LogP contribution in [-0.4, -0.2) is 5.91 Å². The number of rotatable bonds is 6. The Morgan fingerprint density at radius 3 is 2.70 bits per heavy atom. The average molecular weight is 461 g/mol. The van der Waals surface area contributed by atoms with Gasteiger partial charge in [0.1, 0.15) is 23.5 Å². The molecule has 5 heteroatoms. The van der Waals surface area contributed by atoms with Gasteiger partial charge < -0.3 is 15.4 Å². The summed E-state index contributed by atoms with van der Waals surface area (Å²) in [6.07, 6.45) is 4.16. The summed E-state index contributed by atoms with van der Waals surface area (Å²) in [5, 5.41) is 7.79. The summed E-state index contributed by atoms with van der Waals surface area (Å²) in [6, 6.07) is 18.1. The van der Waals surface area contributed by atoms with Crippen LogP contribution in [-0.2, 0) is 19.4 Å². The standard InChI is InChI=1S/C28H32N2O2S/c1-4-28(2,3)20-13-14-22-23(16-20)33-27-24(22)26(31)29-25(30-27)19-11-8-12-21(15-19)32-17-18-9-6-5-7-10-18/h5-12,15,20,25,30H,4,13-14,16-17H2,1-3H3,(H,29,31)/t20-,25+/m1/s1. The van der Waals surface area contributed by atoms with Gasteiger partial charge in [0.05, 0.1) is 5.56 Å². The molecule has 2 atom stereocenters. The molecule has 1 aliphatic carbocycles. The van der Waals surface area contributed by atoms with Crippen molar-refractivity contribution in [3.63, 3.8) is 0 Å². The zero-order valence-corrected chi connectivity index (χ0v) is 20.4. The van der Waals surface area contributed by atoms with Gasteiger partial charge >= 0.3 is 0 Å². The minimum absolute atomic E-state index is 0.0371. The Balaban J connectivity index is 1.33. The molecule has 0 radical (unpaired) electrons. The Labute approximate surface area is 200 Å². The Morgan fingerprint density at radius 1 is 1.09 bits per heavy atom. The molecule has 33 heavy (non-hydrogen) atoms. The number of ether oxygens (including phenoxy) is 1. The first-order valence-corrected chi connectivity index (χ1v) is 12.7. The van der Waals surface area contributed by atoms with Crippen LogP contribution in [0.4, 0.5) is 5.00 Å². The number of hydrogen-bond acceptors (Lipinski definition) is 4. The number of carbonyl (C=O) groups is 1. The molecule has 2 aromatic carbocycles. The van der Waals surface area contributed by atoms with Crippen molar-refractivity contribution < 1.29 is 9.53 Å². The number of fused-ring (bicyclic) bond motifs is 3. The van der Waals surface area contributed by atoms with Crippen molar-refractivity contribution in [3.05, 3.63) is 81.7 Å². The number of nitrogens with one attached hydrogen (secondary N) is 2. The summed E-state index contributed by atoms with van der Waals surface area (Å²) in [4.78, 5) is 14.5. The number of carbonyl (C=O) groups excluding carboxylic acids is 1. The molecule has 0 spiro atoms. The molecule has 5 rings (SSSR count). The van der Waals surface area contributed by atoms with Crippen LogP contribution < -0.4 is 15.4 Å². The molecule has 2 heterocycles. The third-order valence-electron chi connectivity index (χ3n) is 7.50. The van der Waals surface area contributed by atoms with Gasteiger partial charge in [-0.2, -0.15) is 0 Å². The predicted octanol–water partition coefficient (Wildman–Crippen LogP) is 6.72. The molecular formula is C28H32N2O2S. The first-order chi connectivity index (χ1) is 15.9. The van der Waals surface area contributed by atoms with E-state index in [1.165, 1.54) is 16.9 Å². The summed E-state index contributed by atoms with van der Waals surface area (Å²) < 4.78 is 6.00. The highest BCUT2D eigenvalue weighted by molar-refractivity contribution is 7.16. The van der Waals surface area contributed by atoms with Crippen molar-refractivity contribution in [2.45, 2.75) is 59.2 Å². The first-order valence-electron chi connectivity index (χ1n) is 11.9. The van der Waals surface area contributed by atoms with Crippen LogP contribution in [0.5, 0.6) is 5.75 Å². The van der Waals surface area contributed by atoms with Gasteiger partial charge in [0.15, 0.2) is 0 Å². The van der Waals surface area contributed by atoms with E-state index in [9.17, 15) is 4.79 Å². The van der Waals surface area contributed by atoms with Gasteiger partial charge in [-0.25, -0.2) is 0 Å². The van der Waals surface area contributed by atoms with E-state index >= 15 is 0 Å². The molecule has 3 aromatic rings. The van der Waals surface area contributed by atoms with E-state index in [2.05, 4.69) is 43.5 Å². The van der Waals surface area contributed by atoms with Crippen molar-refractivity contribution in [3.8, 4) is 5.75 Å². The Kier molecular flexibility index (Phi) is 5.92. The van der Waals surface area contributed by atoms with E-state index in [1.807, 2.05) is 42.5 Å². The fourth-order valence-corrected chi connectivity index (χ4v) is 6.30. The third-order valence-corrected chi connectivity index (χ3v) is 8.68. The van der Waals surface area contributed by atoms with Gasteiger partial charge in [-0.3, -0.25) is 4.79 Å². The highest BCUT2D eigenvalue weighted by Crippen LogP contribution is 2.47. The molecule has 0 bridgehead atoms. The summed E-state index contributed by atoms with van der Waals surface area (Å²) >= 11 is 1.78. The monoisotopic (exact) mass is 460 g/mol. The number of amides is 1. The smallest absolute Gasteiger partial charge is 0.256 e. The van der Waals surface area contributed by atoms with E-state index in [0.29, 0.717) is 17.9 Å². The largest absolute Gasteiger partial charge is 0.489 e. The Hall–Kier alpha value is -2.79. The van der Waals surface area contributed by atoms with Gasteiger partial charge in [0.2, 0.25) is 0 Å². The lowest BCUT2D eigenvalue weighted by molar-refractivity contribution is 0.0934. The second kappa shape index (κ2) is 8.86. The SMILES string of the molecule is CCC(C)(C)[C@@H]1CCc2c(sc3c2C(=O)N[C@H](c2cccc(OCc4ccccc4)c2)N3)C1. The molecule has 0 saturated heterocycles. The lowest BCUT2D eigenvalue weighted by Crippen LogP contribution is -2.38. The second-order valence-electron chi connectivity index (χ2n) is 9.89. The molecule has 0 fully saturated rings. The van der Waals surface area contributed by atoms with Gasteiger partial charge in [0, 0.05) is 4.88 Å². The molecule has 0 unspecified atom stereocenters.